The van der Waals surface area contributed by atoms with Gasteiger partial charge in [-0.1, -0.05) is 13.8 Å². The number of hydrogen-bond acceptors (Lipinski definition) is 3. The van der Waals surface area contributed by atoms with Crippen LogP contribution in [0, 0.1) is 5.92 Å². The van der Waals surface area contributed by atoms with Gasteiger partial charge in [-0.15, -0.1) is 0 Å². The van der Waals surface area contributed by atoms with Gasteiger partial charge in [0.2, 0.25) is 5.91 Å². The van der Waals surface area contributed by atoms with E-state index in [0.717, 1.165) is 31.2 Å². The topological polar surface area (TPSA) is 45.5 Å². The van der Waals surface area contributed by atoms with Gasteiger partial charge in [0, 0.05) is 13.0 Å². The van der Waals surface area contributed by atoms with Gasteiger partial charge in [0.15, 0.2) is 0 Å². The van der Waals surface area contributed by atoms with E-state index < -0.39 is 0 Å². The van der Waals surface area contributed by atoms with Crippen LogP contribution in [0.1, 0.15) is 31.8 Å². The first kappa shape index (κ1) is 12.2. The van der Waals surface area contributed by atoms with Gasteiger partial charge in [-0.05, 0) is 24.6 Å². The van der Waals surface area contributed by atoms with E-state index in [1.54, 1.807) is 0 Å². The van der Waals surface area contributed by atoms with E-state index in [1.807, 2.05) is 17.0 Å². The summed E-state index contributed by atoms with van der Waals surface area (Å²) in [6, 6.07) is 3.94. The highest BCUT2D eigenvalue weighted by atomic mass is 16.3. The molecular weight excluding hydrogens is 216 g/mol. The number of nitrogens with one attached hydrogen (secondary N) is 1. The van der Waals surface area contributed by atoms with Crippen molar-refractivity contribution in [2.45, 2.75) is 33.4 Å². The van der Waals surface area contributed by atoms with Crippen molar-refractivity contribution in [1.82, 2.24) is 10.2 Å². The van der Waals surface area contributed by atoms with E-state index in [9.17, 15) is 4.79 Å². The maximum absolute atomic E-state index is 11.6. The fourth-order valence-electron chi connectivity index (χ4n) is 2.16. The van der Waals surface area contributed by atoms with Gasteiger partial charge in [-0.25, -0.2) is 0 Å². The van der Waals surface area contributed by atoms with Crippen LogP contribution in [-0.4, -0.2) is 23.9 Å². The molecule has 0 aromatic carbocycles. The van der Waals surface area contributed by atoms with Gasteiger partial charge < -0.3 is 14.6 Å². The van der Waals surface area contributed by atoms with Crippen molar-refractivity contribution < 1.29 is 9.21 Å². The lowest BCUT2D eigenvalue weighted by Crippen LogP contribution is -2.24. The number of carbonyl (C=O) groups is 1. The number of rotatable bonds is 5. The first-order chi connectivity index (χ1) is 8.19. The number of hydrogen-bond donors (Lipinski definition) is 1. The Labute approximate surface area is 102 Å². The zero-order valence-electron chi connectivity index (χ0n) is 10.5. The Morgan fingerprint density at radius 1 is 1.47 bits per heavy atom. The molecule has 1 amide bonds. The molecule has 1 N–H and O–H groups in total. The van der Waals surface area contributed by atoms with E-state index in [0.29, 0.717) is 18.9 Å². The summed E-state index contributed by atoms with van der Waals surface area (Å²) in [6.45, 7) is 7.31. The lowest BCUT2D eigenvalue weighted by atomic mass is 10.2. The van der Waals surface area contributed by atoms with Gasteiger partial charge in [0.05, 0.1) is 13.1 Å². The quantitative estimate of drug-likeness (QED) is 0.847. The first-order valence-corrected chi connectivity index (χ1v) is 6.25. The standard InChI is InChI=1S/C13H20N2O2/c1-3-14-7-11-4-5-12(17-11)9-15-8-10(2)6-13(15)16/h4-5,10,14H,3,6-9H2,1-2H3. The highest BCUT2D eigenvalue weighted by Gasteiger charge is 2.26. The number of likely N-dealkylation sites (tertiary alicyclic amines) is 1. The summed E-state index contributed by atoms with van der Waals surface area (Å²) < 4.78 is 5.67. The summed E-state index contributed by atoms with van der Waals surface area (Å²) in [7, 11) is 0. The van der Waals surface area contributed by atoms with Crippen molar-refractivity contribution in [1.29, 1.82) is 0 Å². The second-order valence-corrected chi connectivity index (χ2v) is 4.73. The summed E-state index contributed by atoms with van der Waals surface area (Å²) in [5.41, 5.74) is 0. The Morgan fingerprint density at radius 2 is 2.24 bits per heavy atom. The van der Waals surface area contributed by atoms with Gasteiger partial charge in [0.25, 0.3) is 0 Å². The molecule has 0 aliphatic carbocycles. The summed E-state index contributed by atoms with van der Waals surface area (Å²) in [5, 5.41) is 3.21. The number of furan rings is 1. The van der Waals surface area contributed by atoms with E-state index in [2.05, 4.69) is 19.2 Å². The molecule has 1 unspecified atom stereocenters. The largest absolute Gasteiger partial charge is 0.463 e. The minimum atomic E-state index is 0.238. The highest BCUT2D eigenvalue weighted by molar-refractivity contribution is 5.78. The molecule has 4 nitrogen and oxygen atoms in total. The van der Waals surface area contributed by atoms with Crippen molar-refractivity contribution in [2.24, 2.45) is 5.92 Å². The molecule has 1 aromatic heterocycles. The van der Waals surface area contributed by atoms with E-state index in [4.69, 9.17) is 4.42 Å². The Bertz CT molecular complexity index is 387. The summed E-state index contributed by atoms with van der Waals surface area (Å²) in [5.74, 6) is 2.52. The predicted octanol–water partition coefficient (Wildman–Crippen LogP) is 1.76. The fraction of sp³-hybridized carbons (Fsp3) is 0.615. The second-order valence-electron chi connectivity index (χ2n) is 4.73. The van der Waals surface area contributed by atoms with Crippen molar-refractivity contribution in [2.75, 3.05) is 13.1 Å². The highest BCUT2D eigenvalue weighted by Crippen LogP contribution is 2.20. The van der Waals surface area contributed by atoms with E-state index in [-0.39, 0.29) is 5.91 Å². The third kappa shape index (κ3) is 3.09. The Balaban J connectivity index is 1.90. The summed E-state index contributed by atoms with van der Waals surface area (Å²) >= 11 is 0. The van der Waals surface area contributed by atoms with Crippen molar-refractivity contribution in [3.05, 3.63) is 23.7 Å². The zero-order valence-corrected chi connectivity index (χ0v) is 10.5. The van der Waals surface area contributed by atoms with Crippen LogP contribution in [0.4, 0.5) is 0 Å². The van der Waals surface area contributed by atoms with Crippen LogP contribution >= 0.6 is 0 Å². The van der Waals surface area contributed by atoms with Gasteiger partial charge in [-0.3, -0.25) is 4.79 Å². The molecule has 2 rings (SSSR count). The predicted molar refractivity (Wildman–Crippen MR) is 65.3 cm³/mol. The van der Waals surface area contributed by atoms with Crippen LogP contribution < -0.4 is 5.32 Å². The van der Waals surface area contributed by atoms with Crippen molar-refractivity contribution in [3.63, 3.8) is 0 Å². The minimum Gasteiger partial charge on any atom is -0.463 e. The molecule has 2 heterocycles. The fourth-order valence-corrected chi connectivity index (χ4v) is 2.16. The number of nitrogens with zero attached hydrogens (tertiary/aromatic N) is 1. The summed E-state index contributed by atoms with van der Waals surface area (Å²) in [6.07, 6.45) is 0.672. The van der Waals surface area contributed by atoms with E-state index >= 15 is 0 Å². The van der Waals surface area contributed by atoms with Crippen LogP contribution in [0.5, 0.6) is 0 Å². The summed E-state index contributed by atoms with van der Waals surface area (Å²) in [4.78, 5) is 13.5. The third-order valence-corrected chi connectivity index (χ3v) is 3.02. The molecule has 0 spiro atoms. The first-order valence-electron chi connectivity index (χ1n) is 6.25. The van der Waals surface area contributed by atoms with E-state index in [1.165, 1.54) is 0 Å². The maximum atomic E-state index is 11.6. The SMILES string of the molecule is CCNCc1ccc(CN2CC(C)CC2=O)o1. The van der Waals surface area contributed by atoms with Crippen LogP contribution in [0.15, 0.2) is 16.5 Å². The van der Waals surface area contributed by atoms with Crippen LogP contribution in [0.25, 0.3) is 0 Å². The normalized spacial score (nSPS) is 20.2. The molecule has 1 saturated heterocycles. The molecular formula is C13H20N2O2. The Kier molecular flexibility index (Phi) is 3.84. The third-order valence-electron chi connectivity index (χ3n) is 3.02. The minimum absolute atomic E-state index is 0.238. The number of carbonyl (C=O) groups excluding carboxylic acids is 1. The Hall–Kier alpha value is -1.29. The lowest BCUT2D eigenvalue weighted by molar-refractivity contribution is -0.128. The molecule has 1 aliphatic heterocycles. The molecule has 0 saturated carbocycles. The lowest BCUT2D eigenvalue weighted by Gasteiger charge is -2.13. The zero-order chi connectivity index (χ0) is 12.3. The molecule has 1 aliphatic rings. The molecule has 94 valence electrons. The molecule has 1 aromatic rings. The molecule has 0 radical (unpaired) electrons. The molecule has 1 fully saturated rings. The van der Waals surface area contributed by atoms with Crippen LogP contribution in [0.2, 0.25) is 0 Å². The van der Waals surface area contributed by atoms with Crippen molar-refractivity contribution >= 4 is 5.91 Å². The van der Waals surface area contributed by atoms with Crippen molar-refractivity contribution in [3.8, 4) is 0 Å². The molecule has 0 bridgehead atoms. The van der Waals surface area contributed by atoms with Gasteiger partial charge in [-0.2, -0.15) is 0 Å². The second kappa shape index (κ2) is 5.36. The average molecular weight is 236 g/mol. The van der Waals surface area contributed by atoms with Crippen LogP contribution in [-0.2, 0) is 17.9 Å². The van der Waals surface area contributed by atoms with Gasteiger partial charge >= 0.3 is 0 Å². The monoisotopic (exact) mass is 236 g/mol. The molecule has 17 heavy (non-hydrogen) atoms. The van der Waals surface area contributed by atoms with Crippen LogP contribution in [0.3, 0.4) is 0 Å². The maximum Gasteiger partial charge on any atom is 0.223 e. The Morgan fingerprint density at radius 3 is 2.88 bits per heavy atom. The molecule has 4 heteroatoms. The smallest absolute Gasteiger partial charge is 0.223 e. The van der Waals surface area contributed by atoms with Gasteiger partial charge in [0.1, 0.15) is 11.5 Å². The average Bonchev–Trinajstić information content (AvgIpc) is 2.84. The number of amides is 1. The molecule has 1 atom stereocenters.